The van der Waals surface area contributed by atoms with Crippen LogP contribution in [-0.2, 0) is 13.1 Å². The highest BCUT2D eigenvalue weighted by Gasteiger charge is 1.86. The summed E-state index contributed by atoms with van der Waals surface area (Å²) in [5.41, 5.74) is 0. The van der Waals surface area contributed by atoms with Gasteiger partial charge < -0.3 is 9.13 Å². The molecule has 0 fully saturated rings. The number of halogens is 2. The van der Waals surface area contributed by atoms with Crippen molar-refractivity contribution < 1.29 is 0 Å². The van der Waals surface area contributed by atoms with Crippen molar-refractivity contribution in [2.75, 3.05) is 0 Å². The molecule has 0 atom stereocenters. The van der Waals surface area contributed by atoms with Gasteiger partial charge in [-0.05, 0) is 12.8 Å². The SMILES string of the molecule is Br.Br.CCCCC.CCCCn1ccnc1.CCCCn1ccnc1. The Kier molecular flexibility index (Phi) is 27.3. The number of nitrogens with zero attached hydrogens (tertiary/aromatic N) is 4. The van der Waals surface area contributed by atoms with E-state index in [0.717, 1.165) is 13.1 Å². The predicted octanol–water partition coefficient (Wildman–Crippen LogP) is 6.72. The summed E-state index contributed by atoms with van der Waals surface area (Å²) >= 11 is 0. The number of hydrogen-bond acceptors (Lipinski definition) is 2. The first kappa shape index (κ1) is 29.2. The van der Waals surface area contributed by atoms with Crippen molar-refractivity contribution in [2.24, 2.45) is 0 Å². The van der Waals surface area contributed by atoms with Crippen molar-refractivity contribution in [2.45, 2.75) is 85.7 Å². The molecule has 2 aromatic rings. The van der Waals surface area contributed by atoms with E-state index in [4.69, 9.17) is 0 Å². The van der Waals surface area contributed by atoms with E-state index in [2.05, 4.69) is 46.8 Å². The second kappa shape index (κ2) is 23.4. The Bertz CT molecular complexity index is 376. The summed E-state index contributed by atoms with van der Waals surface area (Å²) in [5.74, 6) is 0. The molecule has 0 saturated carbocycles. The van der Waals surface area contributed by atoms with E-state index >= 15 is 0 Å². The second-order valence-corrected chi connectivity index (χ2v) is 5.66. The third kappa shape index (κ3) is 19.6. The minimum absolute atomic E-state index is 0. The molecular weight excluding hydrogens is 444 g/mol. The molecule has 0 N–H and O–H groups in total. The molecule has 25 heavy (non-hydrogen) atoms. The van der Waals surface area contributed by atoms with E-state index in [9.17, 15) is 0 Å². The normalized spacial score (nSPS) is 8.80. The van der Waals surface area contributed by atoms with Gasteiger partial charge in [0.1, 0.15) is 0 Å². The van der Waals surface area contributed by atoms with Gasteiger partial charge in [-0.15, -0.1) is 34.0 Å². The van der Waals surface area contributed by atoms with Crippen LogP contribution in [0.5, 0.6) is 0 Å². The number of unbranched alkanes of at least 4 members (excludes halogenated alkanes) is 4. The Hall–Kier alpha value is -0.620. The van der Waals surface area contributed by atoms with Crippen molar-refractivity contribution in [3.63, 3.8) is 0 Å². The number of rotatable bonds is 8. The summed E-state index contributed by atoms with van der Waals surface area (Å²) in [6.45, 7) is 11.0. The van der Waals surface area contributed by atoms with E-state index in [0.29, 0.717) is 0 Å². The molecule has 0 bridgehead atoms. The van der Waals surface area contributed by atoms with E-state index in [1.165, 1.54) is 44.9 Å². The number of imidazole rings is 2. The highest BCUT2D eigenvalue weighted by Crippen LogP contribution is 1.93. The van der Waals surface area contributed by atoms with Crippen LogP contribution in [0.1, 0.15) is 72.6 Å². The standard InChI is InChI=1S/2C7H12N2.C5H12.2BrH/c2*1-2-3-5-9-6-4-8-7-9;1-3-5-4-2;;/h2*4,6-7H,2-3,5H2,1H3;3-5H2,1-2H3;2*1H. The molecule has 2 aromatic heterocycles. The average Bonchev–Trinajstić information content (AvgIpc) is 3.26. The summed E-state index contributed by atoms with van der Waals surface area (Å²) in [4.78, 5) is 7.88. The summed E-state index contributed by atoms with van der Waals surface area (Å²) in [5, 5.41) is 0. The molecule has 0 amide bonds. The Balaban J connectivity index is -0.000000291. The summed E-state index contributed by atoms with van der Waals surface area (Å²) < 4.78 is 4.20. The number of aryl methyl sites for hydroxylation is 2. The van der Waals surface area contributed by atoms with Crippen molar-refractivity contribution in [3.8, 4) is 0 Å². The molecule has 0 spiro atoms. The van der Waals surface area contributed by atoms with Crippen molar-refractivity contribution in [1.82, 2.24) is 19.1 Å². The molecule has 0 aliphatic heterocycles. The van der Waals surface area contributed by atoms with Crippen molar-refractivity contribution >= 4 is 34.0 Å². The van der Waals surface area contributed by atoms with E-state index in [-0.39, 0.29) is 34.0 Å². The Morgan fingerprint density at radius 1 is 0.600 bits per heavy atom. The number of aromatic nitrogens is 4. The maximum atomic E-state index is 3.94. The zero-order chi connectivity index (χ0) is 17.2. The zero-order valence-corrected chi connectivity index (χ0v) is 19.9. The Labute approximate surface area is 176 Å². The van der Waals surface area contributed by atoms with Crippen LogP contribution in [0.25, 0.3) is 0 Å². The minimum Gasteiger partial charge on any atom is -0.337 e. The lowest BCUT2D eigenvalue weighted by Crippen LogP contribution is -1.92. The zero-order valence-electron chi connectivity index (χ0n) is 16.4. The molecule has 148 valence electrons. The van der Waals surface area contributed by atoms with Crippen LogP contribution in [0.15, 0.2) is 37.4 Å². The molecule has 0 aliphatic carbocycles. The van der Waals surface area contributed by atoms with E-state index in [1.54, 1.807) is 0 Å². The van der Waals surface area contributed by atoms with Gasteiger partial charge in [-0.3, -0.25) is 0 Å². The Morgan fingerprint density at radius 2 is 0.960 bits per heavy atom. The van der Waals surface area contributed by atoms with Crippen LogP contribution in [0.3, 0.4) is 0 Å². The fourth-order valence-electron chi connectivity index (χ4n) is 1.87. The van der Waals surface area contributed by atoms with Gasteiger partial charge in [0.25, 0.3) is 0 Å². The smallest absolute Gasteiger partial charge is 0.0945 e. The monoisotopic (exact) mass is 480 g/mol. The van der Waals surface area contributed by atoms with E-state index in [1.807, 2.05) is 37.4 Å². The maximum Gasteiger partial charge on any atom is 0.0945 e. The van der Waals surface area contributed by atoms with Crippen LogP contribution in [0, 0.1) is 0 Å². The van der Waals surface area contributed by atoms with Gasteiger partial charge in [0, 0.05) is 37.9 Å². The van der Waals surface area contributed by atoms with Crippen molar-refractivity contribution in [1.29, 1.82) is 0 Å². The van der Waals surface area contributed by atoms with Gasteiger partial charge in [0.05, 0.1) is 12.7 Å². The van der Waals surface area contributed by atoms with Gasteiger partial charge in [0.15, 0.2) is 0 Å². The molecule has 0 unspecified atom stereocenters. The molecular formula is C19H38Br2N4. The van der Waals surface area contributed by atoms with Crippen LogP contribution in [0.4, 0.5) is 0 Å². The van der Waals surface area contributed by atoms with Crippen LogP contribution >= 0.6 is 34.0 Å². The first-order valence-electron chi connectivity index (χ1n) is 9.19. The van der Waals surface area contributed by atoms with Gasteiger partial charge in [-0.2, -0.15) is 0 Å². The molecule has 2 rings (SSSR count). The van der Waals surface area contributed by atoms with Crippen LogP contribution in [-0.4, -0.2) is 19.1 Å². The summed E-state index contributed by atoms with van der Waals surface area (Å²) in [7, 11) is 0. The van der Waals surface area contributed by atoms with Crippen LogP contribution in [0.2, 0.25) is 0 Å². The lowest BCUT2D eigenvalue weighted by Gasteiger charge is -1.96. The third-order valence-electron chi connectivity index (χ3n) is 3.37. The molecule has 6 heteroatoms. The average molecular weight is 482 g/mol. The van der Waals surface area contributed by atoms with Gasteiger partial charge >= 0.3 is 0 Å². The van der Waals surface area contributed by atoms with Gasteiger partial charge in [0.2, 0.25) is 0 Å². The lowest BCUT2D eigenvalue weighted by molar-refractivity contribution is 0.631. The topological polar surface area (TPSA) is 35.6 Å². The first-order valence-corrected chi connectivity index (χ1v) is 9.19. The third-order valence-corrected chi connectivity index (χ3v) is 3.37. The molecule has 0 aromatic carbocycles. The second-order valence-electron chi connectivity index (χ2n) is 5.66. The largest absolute Gasteiger partial charge is 0.337 e. The molecule has 0 aliphatic rings. The molecule has 0 radical (unpaired) electrons. The molecule has 0 saturated heterocycles. The first-order chi connectivity index (χ1) is 11.3. The summed E-state index contributed by atoms with van der Waals surface area (Å²) in [6, 6.07) is 0. The molecule has 4 nitrogen and oxygen atoms in total. The van der Waals surface area contributed by atoms with Gasteiger partial charge in [-0.25, -0.2) is 9.97 Å². The predicted molar refractivity (Wildman–Crippen MR) is 120 cm³/mol. The van der Waals surface area contributed by atoms with Gasteiger partial charge in [-0.1, -0.05) is 59.8 Å². The fourth-order valence-corrected chi connectivity index (χ4v) is 1.87. The highest BCUT2D eigenvalue weighted by atomic mass is 79.9. The lowest BCUT2D eigenvalue weighted by atomic mass is 10.3. The summed E-state index contributed by atoms with van der Waals surface area (Å²) in [6.07, 6.45) is 20.4. The van der Waals surface area contributed by atoms with Crippen molar-refractivity contribution in [3.05, 3.63) is 37.4 Å². The van der Waals surface area contributed by atoms with Crippen LogP contribution < -0.4 is 0 Å². The Morgan fingerprint density at radius 3 is 1.16 bits per heavy atom. The molecule has 2 heterocycles. The van der Waals surface area contributed by atoms with E-state index < -0.39 is 0 Å². The number of hydrogen-bond donors (Lipinski definition) is 0. The highest BCUT2D eigenvalue weighted by molar-refractivity contribution is 8.93. The quantitative estimate of drug-likeness (QED) is 0.419. The fraction of sp³-hybridized carbons (Fsp3) is 0.684. The minimum atomic E-state index is 0. The maximum absolute atomic E-state index is 3.94.